The van der Waals surface area contributed by atoms with Crippen LogP contribution in [0.2, 0.25) is 0 Å². The Bertz CT molecular complexity index is 694. The Morgan fingerprint density at radius 1 is 1.06 bits per heavy atom. The van der Waals surface area contributed by atoms with Gasteiger partial charge in [-0.25, -0.2) is 4.39 Å². The molecule has 3 aromatic rings. The van der Waals surface area contributed by atoms with Gasteiger partial charge in [-0.2, -0.15) is 0 Å². The van der Waals surface area contributed by atoms with Crippen LogP contribution >= 0.6 is 0 Å². The number of benzene rings is 1. The third-order valence-corrected chi connectivity index (χ3v) is 2.48. The molecular formula is C13H7FO3. The predicted octanol–water partition coefficient (Wildman–Crippen LogP) is 3.64. The molecule has 0 aliphatic heterocycles. The first-order chi connectivity index (χ1) is 8.28. The Morgan fingerprint density at radius 3 is 2.65 bits per heavy atom. The average Bonchev–Trinajstić information content (AvgIpc) is 2.95. The van der Waals surface area contributed by atoms with Crippen LogP contribution in [0, 0.1) is 5.82 Å². The maximum atomic E-state index is 13.4. The summed E-state index contributed by atoms with van der Waals surface area (Å²) in [6, 6.07) is 9.50. The van der Waals surface area contributed by atoms with Crippen LogP contribution in [0.25, 0.3) is 22.5 Å². The molecule has 0 bridgehead atoms. The molecule has 84 valence electrons. The molecule has 0 aliphatic rings. The molecule has 0 unspecified atom stereocenters. The Labute approximate surface area is 95.5 Å². The van der Waals surface area contributed by atoms with Crippen LogP contribution in [0.15, 0.2) is 45.2 Å². The van der Waals surface area contributed by atoms with E-state index in [9.17, 15) is 9.18 Å². The van der Waals surface area contributed by atoms with Crippen LogP contribution in [0.1, 0.15) is 10.6 Å². The largest absolute Gasteiger partial charge is 0.450 e. The van der Waals surface area contributed by atoms with E-state index in [1.165, 1.54) is 12.1 Å². The van der Waals surface area contributed by atoms with E-state index in [2.05, 4.69) is 0 Å². The standard InChI is InChI=1S/C13H7FO3/c14-10-3-1-2-8-6-12(17-13(8)10)11-5-4-9(7-15)16-11/h1-7H. The van der Waals surface area contributed by atoms with E-state index in [1.807, 2.05) is 0 Å². The Morgan fingerprint density at radius 2 is 1.94 bits per heavy atom. The summed E-state index contributed by atoms with van der Waals surface area (Å²) in [5, 5.41) is 0.657. The summed E-state index contributed by atoms with van der Waals surface area (Å²) in [6.45, 7) is 0. The van der Waals surface area contributed by atoms with Crippen LogP contribution in [0.5, 0.6) is 0 Å². The van der Waals surface area contributed by atoms with E-state index in [0.29, 0.717) is 23.2 Å². The summed E-state index contributed by atoms with van der Waals surface area (Å²) >= 11 is 0. The molecule has 0 saturated carbocycles. The molecule has 0 radical (unpaired) electrons. The van der Waals surface area contributed by atoms with E-state index < -0.39 is 5.82 Å². The summed E-state index contributed by atoms with van der Waals surface area (Å²) in [6.07, 6.45) is 0.604. The van der Waals surface area contributed by atoms with Crippen molar-refractivity contribution in [2.75, 3.05) is 0 Å². The zero-order valence-electron chi connectivity index (χ0n) is 8.64. The van der Waals surface area contributed by atoms with Gasteiger partial charge in [0, 0.05) is 5.39 Å². The lowest BCUT2D eigenvalue weighted by Crippen LogP contribution is -1.71. The number of furan rings is 2. The molecule has 17 heavy (non-hydrogen) atoms. The van der Waals surface area contributed by atoms with E-state index >= 15 is 0 Å². The maximum Gasteiger partial charge on any atom is 0.185 e. The van der Waals surface area contributed by atoms with E-state index in [-0.39, 0.29) is 11.3 Å². The highest BCUT2D eigenvalue weighted by Gasteiger charge is 2.12. The Kier molecular flexibility index (Phi) is 2.08. The van der Waals surface area contributed by atoms with Gasteiger partial charge in [0.05, 0.1) is 0 Å². The quantitative estimate of drug-likeness (QED) is 0.631. The fraction of sp³-hybridized carbons (Fsp3) is 0. The third kappa shape index (κ3) is 1.54. The van der Waals surface area contributed by atoms with Crippen molar-refractivity contribution >= 4 is 17.3 Å². The number of hydrogen-bond acceptors (Lipinski definition) is 3. The third-order valence-electron chi connectivity index (χ3n) is 2.48. The van der Waals surface area contributed by atoms with Crippen molar-refractivity contribution in [3.05, 3.63) is 48.0 Å². The maximum absolute atomic E-state index is 13.4. The van der Waals surface area contributed by atoms with Crippen LogP contribution in [0.4, 0.5) is 4.39 Å². The average molecular weight is 230 g/mol. The topological polar surface area (TPSA) is 43.4 Å². The molecule has 0 fully saturated rings. The summed E-state index contributed by atoms with van der Waals surface area (Å²) in [5.41, 5.74) is 0.187. The Balaban J connectivity index is 2.17. The number of halogens is 1. The molecule has 2 heterocycles. The van der Waals surface area contributed by atoms with Crippen molar-refractivity contribution in [2.24, 2.45) is 0 Å². The second-order valence-corrected chi connectivity index (χ2v) is 3.59. The minimum Gasteiger partial charge on any atom is -0.450 e. The molecule has 0 saturated heterocycles. The van der Waals surface area contributed by atoms with Crippen LogP contribution in [-0.4, -0.2) is 6.29 Å². The second kappa shape index (κ2) is 3.59. The molecule has 4 heteroatoms. The van der Waals surface area contributed by atoms with Crippen LogP contribution < -0.4 is 0 Å². The fourth-order valence-corrected chi connectivity index (χ4v) is 1.70. The second-order valence-electron chi connectivity index (χ2n) is 3.59. The van der Waals surface area contributed by atoms with Gasteiger partial charge >= 0.3 is 0 Å². The van der Waals surface area contributed by atoms with Gasteiger partial charge in [-0.15, -0.1) is 0 Å². The number of rotatable bonds is 2. The number of carbonyl (C=O) groups excluding carboxylic acids is 1. The number of fused-ring (bicyclic) bond motifs is 1. The lowest BCUT2D eigenvalue weighted by Gasteiger charge is -1.89. The SMILES string of the molecule is O=Cc1ccc(-c2cc3cccc(F)c3o2)o1. The van der Waals surface area contributed by atoms with Gasteiger partial charge in [-0.3, -0.25) is 4.79 Å². The van der Waals surface area contributed by atoms with Gasteiger partial charge in [0.15, 0.2) is 35.0 Å². The molecule has 3 nitrogen and oxygen atoms in total. The summed E-state index contributed by atoms with van der Waals surface area (Å²) in [4.78, 5) is 10.5. The first-order valence-corrected chi connectivity index (χ1v) is 5.01. The lowest BCUT2D eigenvalue weighted by molar-refractivity contribution is 0.110. The lowest BCUT2D eigenvalue weighted by atomic mass is 10.2. The molecule has 0 aliphatic carbocycles. The molecule has 1 aromatic carbocycles. The van der Waals surface area contributed by atoms with E-state index in [1.54, 1.807) is 24.3 Å². The van der Waals surface area contributed by atoms with Crippen molar-refractivity contribution in [3.63, 3.8) is 0 Å². The summed E-state index contributed by atoms with van der Waals surface area (Å²) in [5.74, 6) is 0.595. The molecule has 0 atom stereocenters. The first kappa shape index (κ1) is 9.84. The molecule has 2 aromatic heterocycles. The predicted molar refractivity (Wildman–Crippen MR) is 59.3 cm³/mol. The zero-order chi connectivity index (χ0) is 11.8. The minimum absolute atomic E-state index is 0.187. The monoisotopic (exact) mass is 230 g/mol. The van der Waals surface area contributed by atoms with Crippen molar-refractivity contribution in [1.29, 1.82) is 0 Å². The summed E-state index contributed by atoms with van der Waals surface area (Å²) in [7, 11) is 0. The molecule has 3 rings (SSSR count). The van der Waals surface area contributed by atoms with Crippen LogP contribution in [-0.2, 0) is 0 Å². The molecule has 0 spiro atoms. The van der Waals surface area contributed by atoms with Gasteiger partial charge < -0.3 is 8.83 Å². The van der Waals surface area contributed by atoms with Crippen molar-refractivity contribution in [1.82, 2.24) is 0 Å². The van der Waals surface area contributed by atoms with Gasteiger partial charge in [-0.05, 0) is 24.3 Å². The highest BCUT2D eigenvalue weighted by molar-refractivity contribution is 5.82. The van der Waals surface area contributed by atoms with Gasteiger partial charge in [0.1, 0.15) is 0 Å². The van der Waals surface area contributed by atoms with Crippen molar-refractivity contribution in [3.8, 4) is 11.5 Å². The van der Waals surface area contributed by atoms with E-state index in [0.717, 1.165) is 0 Å². The molecular weight excluding hydrogens is 223 g/mol. The molecule has 0 amide bonds. The van der Waals surface area contributed by atoms with Gasteiger partial charge in [-0.1, -0.05) is 12.1 Å². The summed E-state index contributed by atoms with van der Waals surface area (Å²) < 4.78 is 24.0. The zero-order valence-corrected chi connectivity index (χ0v) is 8.64. The van der Waals surface area contributed by atoms with Gasteiger partial charge in [0.25, 0.3) is 0 Å². The van der Waals surface area contributed by atoms with Crippen molar-refractivity contribution < 1.29 is 18.0 Å². The highest BCUT2D eigenvalue weighted by atomic mass is 19.1. The minimum atomic E-state index is -0.420. The number of aldehydes is 1. The molecule has 0 N–H and O–H groups in total. The van der Waals surface area contributed by atoms with Gasteiger partial charge in [0.2, 0.25) is 0 Å². The van der Waals surface area contributed by atoms with Crippen LogP contribution in [0.3, 0.4) is 0 Å². The number of carbonyl (C=O) groups is 1. The fourth-order valence-electron chi connectivity index (χ4n) is 1.70. The first-order valence-electron chi connectivity index (χ1n) is 5.01. The van der Waals surface area contributed by atoms with Crippen molar-refractivity contribution in [2.45, 2.75) is 0 Å². The highest BCUT2D eigenvalue weighted by Crippen LogP contribution is 2.30. The number of hydrogen-bond donors (Lipinski definition) is 0. The van der Waals surface area contributed by atoms with E-state index in [4.69, 9.17) is 8.83 Å². The smallest absolute Gasteiger partial charge is 0.185 e. The Hall–Kier alpha value is -2.36. The normalized spacial score (nSPS) is 10.9. The number of para-hydroxylation sites is 1.